The van der Waals surface area contributed by atoms with Gasteiger partial charge in [-0.15, -0.1) is 0 Å². The summed E-state index contributed by atoms with van der Waals surface area (Å²) < 4.78 is 15.7. The first kappa shape index (κ1) is 12.5. The summed E-state index contributed by atoms with van der Waals surface area (Å²) in [5.74, 6) is -0.408. The van der Waals surface area contributed by atoms with E-state index in [1.807, 2.05) is 20.9 Å². The molecular weight excluding hydrogens is 231 g/mol. The van der Waals surface area contributed by atoms with Crippen molar-refractivity contribution in [1.29, 1.82) is 0 Å². The molecule has 0 aliphatic heterocycles. The minimum Gasteiger partial charge on any atom is -0.295 e. The molecular formula is C14H15FN2O. The molecule has 0 aliphatic carbocycles. The topological polar surface area (TPSA) is 34.9 Å². The minimum atomic E-state index is -0.334. The van der Waals surface area contributed by atoms with Crippen LogP contribution in [-0.4, -0.2) is 15.6 Å². The van der Waals surface area contributed by atoms with E-state index in [0.29, 0.717) is 11.1 Å². The zero-order valence-corrected chi connectivity index (χ0v) is 10.9. The maximum absolute atomic E-state index is 13.9. The lowest BCUT2D eigenvalue weighted by Crippen LogP contribution is -1.96. The number of Topliss-reactive ketones (excluding diaryl/α,β-unsaturated/α-hetero) is 1. The summed E-state index contributed by atoms with van der Waals surface area (Å²) in [6.07, 6.45) is 0. The molecule has 1 aromatic heterocycles. The van der Waals surface area contributed by atoms with Crippen LogP contribution in [0.3, 0.4) is 0 Å². The van der Waals surface area contributed by atoms with Gasteiger partial charge in [-0.2, -0.15) is 5.10 Å². The third kappa shape index (κ3) is 1.94. The van der Waals surface area contributed by atoms with Gasteiger partial charge in [-0.1, -0.05) is 0 Å². The van der Waals surface area contributed by atoms with Crippen molar-refractivity contribution in [2.45, 2.75) is 20.8 Å². The van der Waals surface area contributed by atoms with E-state index in [0.717, 1.165) is 17.0 Å². The van der Waals surface area contributed by atoms with E-state index in [2.05, 4.69) is 5.10 Å². The highest BCUT2D eigenvalue weighted by Gasteiger charge is 2.16. The van der Waals surface area contributed by atoms with Crippen LogP contribution in [0.1, 0.15) is 28.7 Å². The van der Waals surface area contributed by atoms with Gasteiger partial charge < -0.3 is 0 Å². The summed E-state index contributed by atoms with van der Waals surface area (Å²) in [7, 11) is 1.82. The number of carbonyl (C=O) groups is 1. The van der Waals surface area contributed by atoms with E-state index >= 15 is 0 Å². The number of aryl methyl sites for hydroxylation is 2. The van der Waals surface area contributed by atoms with Crippen LogP contribution >= 0.6 is 0 Å². The Balaban J connectivity index is 2.70. The Kier molecular flexibility index (Phi) is 3.03. The summed E-state index contributed by atoms with van der Waals surface area (Å²) >= 11 is 0. The number of benzene rings is 1. The molecule has 0 saturated heterocycles. The maximum atomic E-state index is 13.9. The Morgan fingerprint density at radius 1 is 1.33 bits per heavy atom. The van der Waals surface area contributed by atoms with Gasteiger partial charge >= 0.3 is 0 Å². The highest BCUT2D eigenvalue weighted by molar-refractivity contribution is 5.95. The largest absolute Gasteiger partial charge is 0.295 e. The molecule has 94 valence electrons. The van der Waals surface area contributed by atoms with E-state index in [1.165, 1.54) is 19.1 Å². The molecule has 3 nitrogen and oxygen atoms in total. The van der Waals surface area contributed by atoms with Crippen LogP contribution in [0.25, 0.3) is 11.1 Å². The third-order valence-electron chi connectivity index (χ3n) is 3.15. The average Bonchev–Trinajstić information content (AvgIpc) is 2.54. The SMILES string of the molecule is CC(=O)c1ccc(F)c(-c2c(C)nn(C)c2C)c1. The van der Waals surface area contributed by atoms with Crippen molar-refractivity contribution in [3.63, 3.8) is 0 Å². The number of ketones is 1. The standard InChI is InChI=1S/C14H15FN2O/c1-8-14(9(2)17(4)16-8)12-7-11(10(3)18)5-6-13(12)15/h5-7H,1-4H3. The number of rotatable bonds is 2. The molecule has 0 N–H and O–H groups in total. The van der Waals surface area contributed by atoms with Crippen molar-refractivity contribution in [3.05, 3.63) is 41.0 Å². The number of nitrogens with zero attached hydrogens (tertiary/aromatic N) is 2. The van der Waals surface area contributed by atoms with Gasteiger partial charge in [0.15, 0.2) is 5.78 Å². The summed E-state index contributed by atoms with van der Waals surface area (Å²) in [5.41, 5.74) is 3.35. The predicted molar refractivity (Wildman–Crippen MR) is 68.1 cm³/mol. The fraction of sp³-hybridized carbons (Fsp3) is 0.286. The lowest BCUT2D eigenvalue weighted by atomic mass is 9.99. The highest BCUT2D eigenvalue weighted by Crippen LogP contribution is 2.29. The van der Waals surface area contributed by atoms with Gasteiger partial charge in [-0.05, 0) is 39.0 Å². The van der Waals surface area contributed by atoms with Gasteiger partial charge in [-0.25, -0.2) is 4.39 Å². The normalized spacial score (nSPS) is 10.7. The van der Waals surface area contributed by atoms with Crippen LogP contribution in [0, 0.1) is 19.7 Å². The van der Waals surface area contributed by atoms with Crippen LogP contribution in [0.2, 0.25) is 0 Å². The lowest BCUT2D eigenvalue weighted by molar-refractivity contribution is 0.101. The van der Waals surface area contributed by atoms with Crippen molar-refractivity contribution in [3.8, 4) is 11.1 Å². The molecule has 4 heteroatoms. The fourth-order valence-corrected chi connectivity index (χ4v) is 2.10. The molecule has 0 fully saturated rings. The molecule has 2 aromatic rings. The second-order valence-electron chi connectivity index (χ2n) is 4.42. The van der Waals surface area contributed by atoms with Gasteiger partial charge in [0.2, 0.25) is 0 Å². The van der Waals surface area contributed by atoms with E-state index in [-0.39, 0.29) is 11.6 Å². The molecule has 0 spiro atoms. The third-order valence-corrected chi connectivity index (χ3v) is 3.15. The second kappa shape index (κ2) is 4.37. The highest BCUT2D eigenvalue weighted by atomic mass is 19.1. The summed E-state index contributed by atoms with van der Waals surface area (Å²) in [4.78, 5) is 11.4. The zero-order chi connectivity index (χ0) is 13.4. The Bertz CT molecular complexity index is 629. The van der Waals surface area contributed by atoms with Crippen LogP contribution in [0.5, 0.6) is 0 Å². The molecule has 0 aliphatic rings. The van der Waals surface area contributed by atoms with E-state index in [1.54, 1.807) is 10.7 Å². The Hall–Kier alpha value is -1.97. The van der Waals surface area contributed by atoms with Crippen molar-refractivity contribution in [2.24, 2.45) is 7.05 Å². The summed E-state index contributed by atoms with van der Waals surface area (Å²) in [5, 5.41) is 4.27. The number of hydrogen-bond acceptors (Lipinski definition) is 2. The van der Waals surface area contributed by atoms with Crippen LogP contribution < -0.4 is 0 Å². The van der Waals surface area contributed by atoms with E-state index < -0.39 is 0 Å². The molecule has 0 radical (unpaired) electrons. The van der Waals surface area contributed by atoms with Gasteiger partial charge in [0.25, 0.3) is 0 Å². The zero-order valence-electron chi connectivity index (χ0n) is 10.9. The van der Waals surface area contributed by atoms with Gasteiger partial charge in [0, 0.05) is 29.4 Å². The van der Waals surface area contributed by atoms with Crippen LogP contribution in [0.15, 0.2) is 18.2 Å². The Labute approximate surface area is 105 Å². The first-order valence-electron chi connectivity index (χ1n) is 5.73. The Morgan fingerprint density at radius 3 is 2.50 bits per heavy atom. The molecule has 0 bridgehead atoms. The fourth-order valence-electron chi connectivity index (χ4n) is 2.10. The van der Waals surface area contributed by atoms with Crippen LogP contribution in [-0.2, 0) is 7.05 Å². The molecule has 1 heterocycles. The molecule has 0 atom stereocenters. The first-order valence-corrected chi connectivity index (χ1v) is 5.73. The quantitative estimate of drug-likeness (QED) is 0.763. The van der Waals surface area contributed by atoms with Crippen LogP contribution in [0.4, 0.5) is 4.39 Å². The lowest BCUT2D eigenvalue weighted by Gasteiger charge is -2.06. The van der Waals surface area contributed by atoms with Crippen molar-refractivity contribution in [1.82, 2.24) is 9.78 Å². The maximum Gasteiger partial charge on any atom is 0.159 e. The summed E-state index contributed by atoms with van der Waals surface area (Å²) in [6.45, 7) is 5.19. The number of aromatic nitrogens is 2. The smallest absolute Gasteiger partial charge is 0.159 e. The molecule has 0 saturated carbocycles. The Morgan fingerprint density at radius 2 is 2.00 bits per heavy atom. The van der Waals surface area contributed by atoms with Gasteiger partial charge in [-0.3, -0.25) is 9.48 Å². The molecule has 0 unspecified atom stereocenters. The number of hydrogen-bond donors (Lipinski definition) is 0. The minimum absolute atomic E-state index is 0.0737. The van der Waals surface area contributed by atoms with E-state index in [9.17, 15) is 9.18 Å². The van der Waals surface area contributed by atoms with Gasteiger partial charge in [0.1, 0.15) is 5.82 Å². The predicted octanol–water partition coefficient (Wildman–Crippen LogP) is 3.05. The molecule has 18 heavy (non-hydrogen) atoms. The summed E-state index contributed by atoms with van der Waals surface area (Å²) in [6, 6.07) is 4.43. The molecule has 1 aromatic carbocycles. The van der Waals surface area contributed by atoms with Crippen molar-refractivity contribution >= 4 is 5.78 Å². The molecule has 0 amide bonds. The van der Waals surface area contributed by atoms with Crippen molar-refractivity contribution in [2.75, 3.05) is 0 Å². The van der Waals surface area contributed by atoms with E-state index in [4.69, 9.17) is 0 Å². The monoisotopic (exact) mass is 246 g/mol. The van der Waals surface area contributed by atoms with Crippen molar-refractivity contribution < 1.29 is 9.18 Å². The average molecular weight is 246 g/mol. The van der Waals surface area contributed by atoms with Gasteiger partial charge in [0.05, 0.1) is 5.69 Å². The number of halogens is 1. The second-order valence-corrected chi connectivity index (χ2v) is 4.42. The first-order chi connectivity index (χ1) is 8.41. The number of carbonyl (C=O) groups excluding carboxylic acids is 1. The molecule has 2 rings (SSSR count).